The first-order valence-electron chi connectivity index (χ1n) is 14.3. The number of ether oxygens (including phenoxy) is 1. The average molecular weight is 560 g/mol. The highest BCUT2D eigenvalue weighted by molar-refractivity contribution is 7.90. The first-order chi connectivity index (χ1) is 19.0. The standard InChI is InChI=1S/C32H37N3O4S/c1-20(2)13-24-18-39-29-15-27(30-21(3)7-5-8-22(30)4)33-28(34-29)19-40(37,38)26-10-6-9-23(14-26)31(36)35(24)25-16-32(17-25)11-12-32/h5-10,14-15,20,24-25H,11-13,16-19H2,1-4H3/t24-/m1/s1. The van der Waals surface area contributed by atoms with Crippen molar-refractivity contribution in [2.24, 2.45) is 11.3 Å². The average Bonchev–Trinajstić information content (AvgIpc) is 3.67. The molecule has 210 valence electrons. The van der Waals surface area contributed by atoms with Gasteiger partial charge in [0.15, 0.2) is 9.84 Å². The van der Waals surface area contributed by atoms with Gasteiger partial charge in [-0.1, -0.05) is 38.1 Å². The number of amides is 1. The summed E-state index contributed by atoms with van der Waals surface area (Å²) >= 11 is 0. The number of carbonyl (C=O) groups excluding carboxylic acids is 1. The third kappa shape index (κ3) is 5.14. The largest absolute Gasteiger partial charge is 0.475 e. The van der Waals surface area contributed by atoms with E-state index in [2.05, 4.69) is 18.8 Å². The van der Waals surface area contributed by atoms with Crippen molar-refractivity contribution in [3.8, 4) is 17.1 Å². The molecule has 1 aliphatic heterocycles. The second-order valence-electron chi connectivity index (χ2n) is 12.4. The number of rotatable bonds is 4. The van der Waals surface area contributed by atoms with Crippen LogP contribution in [0.1, 0.15) is 73.3 Å². The third-order valence-corrected chi connectivity index (χ3v) is 10.3. The van der Waals surface area contributed by atoms with Crippen LogP contribution in [0.3, 0.4) is 0 Å². The normalized spacial score (nSPS) is 21.7. The lowest BCUT2D eigenvalue weighted by Crippen LogP contribution is -2.55. The van der Waals surface area contributed by atoms with Gasteiger partial charge in [-0.15, -0.1) is 0 Å². The molecular formula is C32H37N3O4S. The van der Waals surface area contributed by atoms with E-state index in [-0.39, 0.29) is 41.1 Å². The number of fused-ring (bicyclic) bond motifs is 4. The van der Waals surface area contributed by atoms with E-state index < -0.39 is 9.84 Å². The van der Waals surface area contributed by atoms with Crippen molar-refractivity contribution >= 4 is 15.7 Å². The first-order valence-corrected chi connectivity index (χ1v) is 15.9. The summed E-state index contributed by atoms with van der Waals surface area (Å²) in [6.45, 7) is 8.62. The van der Waals surface area contributed by atoms with Gasteiger partial charge in [0.1, 0.15) is 18.2 Å². The van der Waals surface area contributed by atoms with E-state index in [0.29, 0.717) is 28.5 Å². The number of hydrogen-bond donors (Lipinski definition) is 0. The maximum atomic E-state index is 14.1. The van der Waals surface area contributed by atoms with E-state index >= 15 is 0 Å². The summed E-state index contributed by atoms with van der Waals surface area (Å²) in [5.41, 5.74) is 4.46. The van der Waals surface area contributed by atoms with E-state index in [4.69, 9.17) is 9.72 Å². The van der Waals surface area contributed by atoms with Crippen molar-refractivity contribution in [1.29, 1.82) is 0 Å². The van der Waals surface area contributed by atoms with Crippen molar-refractivity contribution in [1.82, 2.24) is 14.9 Å². The summed E-state index contributed by atoms with van der Waals surface area (Å²) in [6.07, 6.45) is 5.24. The van der Waals surface area contributed by atoms with Gasteiger partial charge in [-0.05, 0) is 86.6 Å². The second-order valence-corrected chi connectivity index (χ2v) is 14.4. The highest BCUT2D eigenvalue weighted by Gasteiger charge is 2.56. The minimum Gasteiger partial charge on any atom is -0.475 e. The zero-order chi connectivity index (χ0) is 28.2. The van der Waals surface area contributed by atoms with E-state index in [1.165, 1.54) is 18.9 Å². The molecule has 7 nitrogen and oxygen atoms in total. The molecule has 2 aromatic carbocycles. The summed E-state index contributed by atoms with van der Waals surface area (Å²) < 4.78 is 33.6. The molecule has 1 spiro atoms. The Balaban J connectivity index is 1.48. The Morgan fingerprint density at radius 1 is 1.02 bits per heavy atom. The minimum atomic E-state index is -3.82. The topological polar surface area (TPSA) is 89.5 Å². The fourth-order valence-corrected chi connectivity index (χ4v) is 7.75. The Hall–Kier alpha value is -3.26. The number of carbonyl (C=O) groups is 1. The maximum Gasteiger partial charge on any atom is 0.254 e. The molecule has 0 saturated heterocycles. The van der Waals surface area contributed by atoms with E-state index in [1.807, 2.05) is 36.9 Å². The van der Waals surface area contributed by atoms with Gasteiger partial charge in [-0.3, -0.25) is 4.79 Å². The van der Waals surface area contributed by atoms with Crippen LogP contribution in [0.25, 0.3) is 11.3 Å². The van der Waals surface area contributed by atoms with Crippen molar-refractivity contribution in [2.75, 3.05) is 6.61 Å². The molecular weight excluding hydrogens is 522 g/mol. The lowest BCUT2D eigenvalue weighted by Gasteiger charge is -2.47. The first kappa shape index (κ1) is 26.9. The van der Waals surface area contributed by atoms with Gasteiger partial charge in [-0.25, -0.2) is 13.4 Å². The molecule has 2 fully saturated rings. The van der Waals surface area contributed by atoms with Crippen LogP contribution in [0, 0.1) is 25.2 Å². The highest BCUT2D eigenvalue weighted by Crippen LogP contribution is 2.62. The van der Waals surface area contributed by atoms with Crippen LogP contribution in [0.4, 0.5) is 0 Å². The predicted molar refractivity (Wildman–Crippen MR) is 154 cm³/mol. The number of nitrogens with zero attached hydrogens (tertiary/aromatic N) is 3. The van der Waals surface area contributed by atoms with Gasteiger partial charge >= 0.3 is 0 Å². The number of benzene rings is 2. The summed E-state index contributed by atoms with van der Waals surface area (Å²) in [4.78, 5) is 25.5. The van der Waals surface area contributed by atoms with Crippen LogP contribution in [0.2, 0.25) is 0 Å². The number of sulfone groups is 1. The molecule has 0 unspecified atom stereocenters. The summed E-state index contributed by atoms with van der Waals surface area (Å²) in [6, 6.07) is 14.2. The van der Waals surface area contributed by atoms with E-state index in [1.54, 1.807) is 24.3 Å². The molecule has 0 radical (unpaired) electrons. The fraction of sp³-hybridized carbons (Fsp3) is 0.469. The zero-order valence-electron chi connectivity index (χ0n) is 23.7. The molecule has 40 heavy (non-hydrogen) atoms. The van der Waals surface area contributed by atoms with Crippen LogP contribution >= 0.6 is 0 Å². The quantitative estimate of drug-likeness (QED) is 0.394. The summed E-state index contributed by atoms with van der Waals surface area (Å²) in [5.74, 6) is 0.340. The molecule has 4 bridgehead atoms. The second kappa shape index (κ2) is 9.98. The van der Waals surface area contributed by atoms with Crippen molar-refractivity contribution in [3.63, 3.8) is 0 Å². The fourth-order valence-electron chi connectivity index (χ4n) is 6.52. The Kier molecular flexibility index (Phi) is 6.72. The van der Waals surface area contributed by atoms with Crippen LogP contribution in [0.15, 0.2) is 53.4 Å². The van der Waals surface area contributed by atoms with E-state index in [9.17, 15) is 13.2 Å². The van der Waals surface area contributed by atoms with Gasteiger partial charge < -0.3 is 9.64 Å². The molecule has 1 aromatic heterocycles. The van der Waals surface area contributed by atoms with Gasteiger partial charge in [0.25, 0.3) is 5.91 Å². The zero-order valence-corrected chi connectivity index (χ0v) is 24.5. The van der Waals surface area contributed by atoms with Crippen LogP contribution in [-0.4, -0.2) is 47.9 Å². The lowest BCUT2D eigenvalue weighted by atomic mass is 9.75. The van der Waals surface area contributed by atoms with Crippen molar-refractivity contribution in [3.05, 3.63) is 71.0 Å². The van der Waals surface area contributed by atoms with Crippen LogP contribution in [0.5, 0.6) is 5.88 Å². The summed E-state index contributed by atoms with van der Waals surface area (Å²) in [7, 11) is -3.82. The van der Waals surface area contributed by atoms with E-state index in [0.717, 1.165) is 36.0 Å². The molecule has 2 saturated carbocycles. The number of aryl methyl sites for hydroxylation is 2. The van der Waals surface area contributed by atoms with Gasteiger partial charge in [-0.2, -0.15) is 4.98 Å². The predicted octanol–water partition coefficient (Wildman–Crippen LogP) is 5.93. The Labute approximate surface area is 236 Å². The number of aromatic nitrogens is 2. The van der Waals surface area contributed by atoms with Gasteiger partial charge in [0, 0.05) is 23.2 Å². The molecule has 3 aromatic rings. The molecule has 8 heteroatoms. The monoisotopic (exact) mass is 559 g/mol. The summed E-state index contributed by atoms with van der Waals surface area (Å²) in [5, 5.41) is 0. The molecule has 3 aliphatic rings. The maximum absolute atomic E-state index is 14.1. The van der Waals surface area contributed by atoms with Crippen LogP contribution < -0.4 is 4.74 Å². The third-order valence-electron chi connectivity index (χ3n) is 8.73. The SMILES string of the molecule is Cc1cccc(C)c1-c1cc2nc(n1)CS(=O)(=O)c1cccc(c1)C(=O)N(C1CC3(CC3)C1)[C@H](CC(C)C)CO2. The molecule has 2 aliphatic carbocycles. The molecule has 1 atom stereocenters. The van der Waals surface area contributed by atoms with Gasteiger partial charge in [0.2, 0.25) is 5.88 Å². The molecule has 1 amide bonds. The minimum absolute atomic E-state index is 0.105. The Morgan fingerprint density at radius 3 is 2.40 bits per heavy atom. The molecule has 0 N–H and O–H groups in total. The lowest BCUT2D eigenvalue weighted by molar-refractivity contribution is 0.00916. The molecule has 2 heterocycles. The van der Waals surface area contributed by atoms with Gasteiger partial charge in [0.05, 0.1) is 16.6 Å². The van der Waals surface area contributed by atoms with Crippen LogP contribution in [-0.2, 0) is 15.6 Å². The highest BCUT2D eigenvalue weighted by atomic mass is 32.2. The smallest absolute Gasteiger partial charge is 0.254 e. The Morgan fingerprint density at radius 2 is 1.73 bits per heavy atom. The van der Waals surface area contributed by atoms with Crippen molar-refractivity contribution in [2.45, 2.75) is 82.5 Å². The number of hydrogen-bond acceptors (Lipinski definition) is 6. The molecule has 6 rings (SSSR count). The Bertz CT molecular complexity index is 1550. The van der Waals surface area contributed by atoms with Crippen molar-refractivity contribution < 1.29 is 17.9 Å².